The molecule has 3 aromatic rings. The maximum Gasteiger partial charge on any atom is 0.306 e. The number of benzene rings is 2. The van der Waals surface area contributed by atoms with E-state index >= 15 is 0 Å². The molecule has 0 aliphatic carbocycles. The molecule has 0 N–H and O–H groups in total. The van der Waals surface area contributed by atoms with Crippen LogP contribution in [0, 0.1) is 17.0 Å². The Balaban J connectivity index is 1.62. The first kappa shape index (κ1) is 22.0. The average molecular weight is 424 g/mol. The van der Waals surface area contributed by atoms with E-state index < -0.39 is 4.92 Å². The molecule has 0 aliphatic rings. The van der Waals surface area contributed by atoms with Crippen LogP contribution in [0.2, 0.25) is 0 Å². The van der Waals surface area contributed by atoms with Gasteiger partial charge >= 0.3 is 5.97 Å². The third-order valence-corrected chi connectivity index (χ3v) is 4.68. The quantitative estimate of drug-likeness (QED) is 0.264. The minimum Gasteiger partial charge on any atom is -0.493 e. The van der Waals surface area contributed by atoms with E-state index in [2.05, 4.69) is 4.98 Å². The Morgan fingerprint density at radius 2 is 1.94 bits per heavy atom. The Hall–Kier alpha value is -3.68. The molecule has 0 atom stereocenters. The summed E-state index contributed by atoms with van der Waals surface area (Å²) in [5, 5.41) is 11.4. The van der Waals surface area contributed by atoms with E-state index in [-0.39, 0.29) is 31.1 Å². The van der Waals surface area contributed by atoms with Gasteiger partial charge in [0.15, 0.2) is 0 Å². The topological polar surface area (TPSA) is 105 Å². The number of rotatable bonds is 10. The van der Waals surface area contributed by atoms with Crippen molar-refractivity contribution in [2.45, 2.75) is 33.1 Å². The smallest absolute Gasteiger partial charge is 0.306 e. The second-order valence-electron chi connectivity index (χ2n) is 6.84. The first-order chi connectivity index (χ1) is 15.0. The number of hydrogen-bond donors (Lipinski definition) is 0. The second kappa shape index (κ2) is 10.4. The summed E-state index contributed by atoms with van der Waals surface area (Å²) >= 11 is 0. The van der Waals surface area contributed by atoms with Crippen molar-refractivity contribution < 1.29 is 23.6 Å². The number of hydrogen-bond acceptors (Lipinski definition) is 7. The molecule has 1 heterocycles. The molecule has 0 saturated carbocycles. The Morgan fingerprint density at radius 1 is 1.16 bits per heavy atom. The molecule has 0 amide bonds. The molecule has 0 fully saturated rings. The normalized spacial score (nSPS) is 10.6. The lowest BCUT2D eigenvalue weighted by Gasteiger charge is -2.08. The molecule has 0 unspecified atom stereocenters. The minimum absolute atomic E-state index is 0.0780. The van der Waals surface area contributed by atoms with Gasteiger partial charge in [0.25, 0.3) is 5.69 Å². The number of aromatic nitrogens is 1. The molecule has 2 aromatic carbocycles. The Morgan fingerprint density at radius 3 is 2.65 bits per heavy atom. The van der Waals surface area contributed by atoms with Crippen molar-refractivity contribution in [2.24, 2.45) is 0 Å². The molecule has 0 aliphatic heterocycles. The van der Waals surface area contributed by atoms with Gasteiger partial charge in [-0.15, -0.1) is 0 Å². The van der Waals surface area contributed by atoms with Gasteiger partial charge in [-0.05, 0) is 44.5 Å². The summed E-state index contributed by atoms with van der Waals surface area (Å²) < 4.78 is 16.3. The van der Waals surface area contributed by atoms with Crippen LogP contribution in [0.5, 0.6) is 5.75 Å². The number of oxazole rings is 1. The van der Waals surface area contributed by atoms with Crippen molar-refractivity contribution in [2.75, 3.05) is 13.2 Å². The summed E-state index contributed by atoms with van der Waals surface area (Å²) in [5.74, 6) is 1.27. The SMILES string of the molecule is CCOC(=O)CCc1ccc(OCCc2nc(-c3ccccc3)oc2C)cc1[N+](=O)[O-]. The maximum atomic E-state index is 11.5. The summed E-state index contributed by atoms with van der Waals surface area (Å²) in [6.45, 7) is 4.14. The predicted octanol–water partition coefficient (Wildman–Crippen LogP) is 4.68. The molecule has 0 bridgehead atoms. The summed E-state index contributed by atoms with van der Waals surface area (Å²) in [6, 6.07) is 14.3. The summed E-state index contributed by atoms with van der Waals surface area (Å²) in [4.78, 5) is 27.0. The third kappa shape index (κ3) is 5.91. The van der Waals surface area contributed by atoms with Crippen LogP contribution >= 0.6 is 0 Å². The van der Waals surface area contributed by atoms with Crippen molar-refractivity contribution in [3.05, 3.63) is 75.7 Å². The van der Waals surface area contributed by atoms with E-state index in [0.29, 0.717) is 36.0 Å². The van der Waals surface area contributed by atoms with Crippen LogP contribution in [0.3, 0.4) is 0 Å². The highest BCUT2D eigenvalue weighted by molar-refractivity contribution is 5.70. The van der Waals surface area contributed by atoms with Crippen LogP contribution in [0.4, 0.5) is 5.69 Å². The molecule has 31 heavy (non-hydrogen) atoms. The summed E-state index contributed by atoms with van der Waals surface area (Å²) in [7, 11) is 0. The van der Waals surface area contributed by atoms with Crippen molar-refractivity contribution in [3.63, 3.8) is 0 Å². The van der Waals surface area contributed by atoms with Crippen LogP contribution < -0.4 is 4.74 Å². The van der Waals surface area contributed by atoms with Gasteiger partial charge in [0, 0.05) is 24.0 Å². The summed E-state index contributed by atoms with van der Waals surface area (Å²) in [5.41, 5.74) is 2.06. The van der Waals surface area contributed by atoms with Crippen LogP contribution in [0.25, 0.3) is 11.5 Å². The zero-order valence-corrected chi connectivity index (χ0v) is 17.5. The van der Waals surface area contributed by atoms with Crippen molar-refractivity contribution in [1.82, 2.24) is 4.98 Å². The Kier molecular flexibility index (Phi) is 7.37. The lowest BCUT2D eigenvalue weighted by molar-refractivity contribution is -0.385. The average Bonchev–Trinajstić information content (AvgIpc) is 3.14. The fraction of sp³-hybridized carbons (Fsp3) is 0.304. The number of carbonyl (C=O) groups is 1. The monoisotopic (exact) mass is 424 g/mol. The third-order valence-electron chi connectivity index (χ3n) is 4.68. The highest BCUT2D eigenvalue weighted by atomic mass is 16.6. The minimum atomic E-state index is -0.471. The second-order valence-corrected chi connectivity index (χ2v) is 6.84. The maximum absolute atomic E-state index is 11.5. The van der Waals surface area contributed by atoms with Gasteiger partial charge in [0.05, 0.1) is 29.9 Å². The molecule has 1 aromatic heterocycles. The van der Waals surface area contributed by atoms with Gasteiger partial charge in [0.2, 0.25) is 5.89 Å². The number of nitro benzene ring substituents is 1. The number of aryl methyl sites for hydroxylation is 2. The Bertz CT molecular complexity index is 1050. The van der Waals surface area contributed by atoms with Gasteiger partial charge in [0.1, 0.15) is 11.5 Å². The Labute approximate surface area is 180 Å². The molecule has 0 spiro atoms. The molecule has 162 valence electrons. The lowest BCUT2D eigenvalue weighted by Crippen LogP contribution is -2.07. The molecular weight excluding hydrogens is 400 g/mol. The van der Waals surface area contributed by atoms with Gasteiger partial charge in [-0.1, -0.05) is 18.2 Å². The molecule has 0 saturated heterocycles. The highest BCUT2D eigenvalue weighted by Gasteiger charge is 2.17. The highest BCUT2D eigenvalue weighted by Crippen LogP contribution is 2.27. The lowest BCUT2D eigenvalue weighted by atomic mass is 10.1. The van der Waals surface area contributed by atoms with E-state index in [1.807, 2.05) is 37.3 Å². The fourth-order valence-corrected chi connectivity index (χ4v) is 3.11. The van der Waals surface area contributed by atoms with Crippen molar-refractivity contribution in [1.29, 1.82) is 0 Å². The molecular formula is C23H24N2O6. The first-order valence-corrected chi connectivity index (χ1v) is 10.1. The first-order valence-electron chi connectivity index (χ1n) is 10.1. The number of nitro groups is 1. The van der Waals surface area contributed by atoms with E-state index in [1.54, 1.807) is 19.1 Å². The fourth-order valence-electron chi connectivity index (χ4n) is 3.11. The van der Waals surface area contributed by atoms with Crippen molar-refractivity contribution in [3.8, 4) is 17.2 Å². The van der Waals surface area contributed by atoms with Gasteiger partial charge in [-0.2, -0.15) is 0 Å². The van der Waals surface area contributed by atoms with E-state index in [9.17, 15) is 14.9 Å². The van der Waals surface area contributed by atoms with Crippen LogP contribution in [0.15, 0.2) is 52.9 Å². The summed E-state index contributed by atoms with van der Waals surface area (Å²) in [6.07, 6.45) is 0.820. The number of carbonyl (C=O) groups excluding carboxylic acids is 1. The van der Waals surface area contributed by atoms with Crippen LogP contribution in [-0.4, -0.2) is 29.1 Å². The molecule has 8 heteroatoms. The predicted molar refractivity (Wildman–Crippen MR) is 114 cm³/mol. The number of esters is 1. The largest absolute Gasteiger partial charge is 0.493 e. The zero-order valence-electron chi connectivity index (χ0n) is 17.5. The van der Waals surface area contributed by atoms with Gasteiger partial charge in [-0.25, -0.2) is 4.98 Å². The van der Waals surface area contributed by atoms with Crippen molar-refractivity contribution >= 4 is 11.7 Å². The number of nitrogens with zero attached hydrogens (tertiary/aromatic N) is 2. The molecule has 0 radical (unpaired) electrons. The van der Waals surface area contributed by atoms with Gasteiger partial charge in [-0.3, -0.25) is 14.9 Å². The van der Waals surface area contributed by atoms with E-state index in [1.165, 1.54) is 6.07 Å². The van der Waals surface area contributed by atoms with Gasteiger partial charge < -0.3 is 13.9 Å². The van der Waals surface area contributed by atoms with Crippen LogP contribution in [-0.2, 0) is 22.4 Å². The van der Waals surface area contributed by atoms with E-state index in [0.717, 1.165) is 11.3 Å². The number of ether oxygens (including phenoxy) is 2. The molecule has 3 rings (SSSR count). The standard InChI is InChI=1S/C23H24N2O6/c1-3-29-22(26)12-10-17-9-11-19(15-21(17)25(27)28)30-14-13-20-16(2)31-23(24-20)18-7-5-4-6-8-18/h4-9,11,15H,3,10,12-14H2,1-2H3. The van der Waals surface area contributed by atoms with E-state index in [4.69, 9.17) is 13.9 Å². The zero-order chi connectivity index (χ0) is 22.2. The van der Waals surface area contributed by atoms with Crippen LogP contribution in [0.1, 0.15) is 30.4 Å². The molecule has 8 nitrogen and oxygen atoms in total.